The quantitative estimate of drug-likeness (QED) is 0.886. The van der Waals surface area contributed by atoms with E-state index in [9.17, 15) is 0 Å². The van der Waals surface area contributed by atoms with Crippen molar-refractivity contribution < 1.29 is 0 Å². The van der Waals surface area contributed by atoms with Crippen molar-refractivity contribution in [3.63, 3.8) is 0 Å². The highest BCUT2D eigenvalue weighted by Gasteiger charge is 2.08. The Morgan fingerprint density at radius 3 is 2.88 bits per heavy atom. The third-order valence-electron chi connectivity index (χ3n) is 2.48. The molecule has 4 heteroatoms. The molecule has 2 aromatic rings. The van der Waals surface area contributed by atoms with Crippen LogP contribution in [0.2, 0.25) is 0 Å². The van der Waals surface area contributed by atoms with Crippen LogP contribution in [0.1, 0.15) is 5.56 Å². The zero-order valence-corrected chi connectivity index (χ0v) is 10.3. The van der Waals surface area contributed by atoms with E-state index in [1.165, 1.54) is 5.56 Å². The highest BCUT2D eigenvalue weighted by molar-refractivity contribution is 7.97. The maximum absolute atomic E-state index is 5.91. The molecule has 0 aliphatic heterocycles. The number of nitrogens with zero attached hydrogens (tertiary/aromatic N) is 2. The van der Waals surface area contributed by atoms with Crippen LogP contribution in [0, 0.1) is 0 Å². The van der Waals surface area contributed by atoms with Crippen molar-refractivity contribution in [3.8, 4) is 11.3 Å². The van der Waals surface area contributed by atoms with E-state index in [-0.39, 0.29) is 0 Å². The summed E-state index contributed by atoms with van der Waals surface area (Å²) in [5.41, 5.74) is 10.1. The second-order valence-corrected chi connectivity index (χ2v) is 4.57. The summed E-state index contributed by atoms with van der Waals surface area (Å²) < 4.78 is 1.81. The molecular weight excluding hydrogens is 218 g/mol. The zero-order chi connectivity index (χ0) is 11.5. The summed E-state index contributed by atoms with van der Waals surface area (Å²) in [6.45, 7) is 0. The molecule has 0 aliphatic carbocycles. The molecule has 3 nitrogen and oxygen atoms in total. The number of aromatic nitrogens is 2. The standard InChI is InChI=1S/C12H15N3S/c1-15-12(11(13)7-14-15)10-5-3-4-9(6-10)8-16-2/h3-7H,8,13H2,1-2H3. The van der Waals surface area contributed by atoms with Gasteiger partial charge in [-0.25, -0.2) is 0 Å². The molecule has 0 spiro atoms. The lowest BCUT2D eigenvalue weighted by atomic mass is 10.1. The summed E-state index contributed by atoms with van der Waals surface area (Å²) in [6, 6.07) is 8.43. The molecule has 0 unspecified atom stereocenters. The SMILES string of the molecule is CSCc1cccc(-c2c(N)cnn2C)c1. The lowest BCUT2D eigenvalue weighted by molar-refractivity contribution is 0.776. The van der Waals surface area contributed by atoms with Crippen molar-refractivity contribution in [2.24, 2.45) is 7.05 Å². The van der Waals surface area contributed by atoms with Gasteiger partial charge in [0.05, 0.1) is 17.6 Å². The van der Waals surface area contributed by atoms with E-state index in [1.807, 2.05) is 23.5 Å². The highest BCUT2D eigenvalue weighted by atomic mass is 32.2. The minimum atomic E-state index is 0.726. The van der Waals surface area contributed by atoms with Gasteiger partial charge in [-0.1, -0.05) is 18.2 Å². The molecule has 0 radical (unpaired) electrons. The number of benzene rings is 1. The van der Waals surface area contributed by atoms with Gasteiger partial charge < -0.3 is 5.73 Å². The van der Waals surface area contributed by atoms with Gasteiger partial charge in [0.25, 0.3) is 0 Å². The van der Waals surface area contributed by atoms with Crippen molar-refractivity contribution >= 4 is 17.4 Å². The molecule has 1 heterocycles. The first-order valence-corrected chi connectivity index (χ1v) is 6.47. The van der Waals surface area contributed by atoms with Crippen LogP contribution < -0.4 is 5.73 Å². The normalized spacial score (nSPS) is 10.6. The van der Waals surface area contributed by atoms with Crippen LogP contribution in [0.3, 0.4) is 0 Å². The second kappa shape index (κ2) is 4.61. The molecule has 0 aliphatic rings. The molecule has 0 atom stereocenters. The van der Waals surface area contributed by atoms with Gasteiger partial charge >= 0.3 is 0 Å². The summed E-state index contributed by atoms with van der Waals surface area (Å²) in [5, 5.41) is 4.15. The average Bonchev–Trinajstić information content (AvgIpc) is 2.59. The molecule has 16 heavy (non-hydrogen) atoms. The number of anilines is 1. The number of nitrogens with two attached hydrogens (primary N) is 1. The van der Waals surface area contributed by atoms with E-state index in [0.717, 1.165) is 22.7 Å². The van der Waals surface area contributed by atoms with E-state index in [2.05, 4.69) is 35.6 Å². The Bertz CT molecular complexity index is 471. The molecule has 1 aromatic carbocycles. The second-order valence-electron chi connectivity index (χ2n) is 3.71. The van der Waals surface area contributed by atoms with E-state index in [1.54, 1.807) is 6.20 Å². The van der Waals surface area contributed by atoms with E-state index >= 15 is 0 Å². The van der Waals surface area contributed by atoms with E-state index < -0.39 is 0 Å². The topological polar surface area (TPSA) is 43.8 Å². The predicted molar refractivity (Wildman–Crippen MR) is 70.3 cm³/mol. The Labute approximate surface area is 99.7 Å². The number of rotatable bonds is 3. The van der Waals surface area contributed by atoms with Crippen molar-refractivity contribution in [2.45, 2.75) is 5.75 Å². The first kappa shape index (κ1) is 11.1. The molecule has 0 bridgehead atoms. The van der Waals surface area contributed by atoms with Gasteiger partial charge in [-0.15, -0.1) is 0 Å². The summed E-state index contributed by atoms with van der Waals surface area (Å²) in [5.74, 6) is 1.02. The number of hydrogen-bond acceptors (Lipinski definition) is 3. The fraction of sp³-hybridized carbons (Fsp3) is 0.250. The van der Waals surface area contributed by atoms with Gasteiger partial charge in [0.15, 0.2) is 0 Å². The lowest BCUT2D eigenvalue weighted by Gasteiger charge is -2.06. The van der Waals surface area contributed by atoms with Crippen LogP contribution in [0.15, 0.2) is 30.5 Å². The predicted octanol–water partition coefficient (Wildman–Crippen LogP) is 2.53. The maximum atomic E-state index is 5.91. The minimum Gasteiger partial charge on any atom is -0.396 e. The Balaban J connectivity index is 2.44. The number of nitrogen functional groups attached to an aromatic ring is 1. The van der Waals surface area contributed by atoms with Crippen molar-refractivity contribution in [1.29, 1.82) is 0 Å². The summed E-state index contributed by atoms with van der Waals surface area (Å²) in [6.07, 6.45) is 3.79. The summed E-state index contributed by atoms with van der Waals surface area (Å²) >= 11 is 1.82. The first-order chi connectivity index (χ1) is 7.72. The molecule has 0 amide bonds. The van der Waals surface area contributed by atoms with Crippen LogP contribution in [0.4, 0.5) is 5.69 Å². The van der Waals surface area contributed by atoms with Gasteiger partial charge in [0.2, 0.25) is 0 Å². The molecule has 1 aromatic heterocycles. The Kier molecular flexibility index (Phi) is 3.19. The number of aryl methyl sites for hydroxylation is 1. The Morgan fingerprint density at radius 2 is 2.25 bits per heavy atom. The fourth-order valence-electron chi connectivity index (χ4n) is 1.78. The lowest BCUT2D eigenvalue weighted by Crippen LogP contribution is -1.96. The third-order valence-corrected chi connectivity index (χ3v) is 3.10. The van der Waals surface area contributed by atoms with Gasteiger partial charge in [0.1, 0.15) is 0 Å². The summed E-state index contributed by atoms with van der Waals surface area (Å²) in [4.78, 5) is 0. The fourth-order valence-corrected chi connectivity index (χ4v) is 2.30. The van der Waals surface area contributed by atoms with E-state index in [4.69, 9.17) is 5.73 Å². The van der Waals surface area contributed by atoms with Crippen LogP contribution in [0.5, 0.6) is 0 Å². The van der Waals surface area contributed by atoms with Gasteiger partial charge in [0, 0.05) is 18.4 Å². The largest absolute Gasteiger partial charge is 0.396 e. The van der Waals surface area contributed by atoms with Gasteiger partial charge in [-0.05, 0) is 17.9 Å². The molecule has 0 fully saturated rings. The highest BCUT2D eigenvalue weighted by Crippen LogP contribution is 2.26. The summed E-state index contributed by atoms with van der Waals surface area (Å²) in [7, 11) is 1.91. The zero-order valence-electron chi connectivity index (χ0n) is 9.47. The molecular formula is C12H15N3S. The molecule has 2 N–H and O–H groups in total. The van der Waals surface area contributed by atoms with Crippen molar-refractivity contribution in [2.75, 3.05) is 12.0 Å². The number of hydrogen-bond donors (Lipinski definition) is 1. The average molecular weight is 233 g/mol. The molecule has 84 valence electrons. The molecule has 0 saturated heterocycles. The number of thioether (sulfide) groups is 1. The Hall–Kier alpha value is -1.42. The smallest absolute Gasteiger partial charge is 0.0908 e. The van der Waals surface area contributed by atoms with Crippen LogP contribution >= 0.6 is 11.8 Å². The minimum absolute atomic E-state index is 0.726. The van der Waals surface area contributed by atoms with E-state index in [0.29, 0.717) is 0 Å². The molecule has 0 saturated carbocycles. The first-order valence-electron chi connectivity index (χ1n) is 5.08. The molecule has 2 rings (SSSR count). The van der Waals surface area contributed by atoms with Crippen LogP contribution in [-0.2, 0) is 12.8 Å². The third kappa shape index (κ3) is 2.07. The van der Waals surface area contributed by atoms with Gasteiger partial charge in [-0.3, -0.25) is 4.68 Å². The maximum Gasteiger partial charge on any atom is 0.0908 e. The monoisotopic (exact) mass is 233 g/mol. The Morgan fingerprint density at radius 1 is 1.44 bits per heavy atom. The van der Waals surface area contributed by atoms with Crippen molar-refractivity contribution in [1.82, 2.24) is 9.78 Å². The van der Waals surface area contributed by atoms with Crippen LogP contribution in [0.25, 0.3) is 11.3 Å². The van der Waals surface area contributed by atoms with Crippen LogP contribution in [-0.4, -0.2) is 16.0 Å². The van der Waals surface area contributed by atoms with Gasteiger partial charge in [-0.2, -0.15) is 16.9 Å². The van der Waals surface area contributed by atoms with Crippen molar-refractivity contribution in [3.05, 3.63) is 36.0 Å².